The first-order valence-corrected chi connectivity index (χ1v) is 3.18. The second-order valence-electron chi connectivity index (χ2n) is 2.51. The molecule has 3 atom stereocenters. The van der Waals surface area contributed by atoms with Gasteiger partial charge in [0.1, 0.15) is 6.10 Å². The Morgan fingerprint density at radius 3 is 2.18 bits per heavy atom. The molecule has 1 heterocycles. The van der Waals surface area contributed by atoms with Crippen molar-refractivity contribution in [2.24, 2.45) is 0 Å². The standard InChI is InChI=1S/C6H12O3.2Na.2H/c1-4-2-5(7)6(8)3-9-4;;;;/h4-8H,2-3H2,1H3;;;;/q;2*+1;2*-1/t4-,5+,6+;;;;/m1..../s1. The summed E-state index contributed by atoms with van der Waals surface area (Å²) in [5.74, 6) is 0. The SMILES string of the molecule is C[C@@H]1C[C@H](O)[C@@H](O)CO1.[H-].[H-].[Na+].[Na+]. The molecular weight excluding hydrogens is 166 g/mol. The van der Waals surface area contributed by atoms with Gasteiger partial charge >= 0.3 is 59.1 Å². The summed E-state index contributed by atoms with van der Waals surface area (Å²) in [7, 11) is 0. The number of aliphatic hydroxyl groups is 2. The molecule has 0 radical (unpaired) electrons. The maximum atomic E-state index is 9.02. The molecule has 0 amide bonds. The van der Waals surface area contributed by atoms with Gasteiger partial charge in [0.2, 0.25) is 0 Å². The number of hydrogen-bond acceptors (Lipinski definition) is 3. The van der Waals surface area contributed by atoms with E-state index >= 15 is 0 Å². The van der Waals surface area contributed by atoms with Crippen molar-refractivity contribution < 1.29 is 76.9 Å². The van der Waals surface area contributed by atoms with Crippen molar-refractivity contribution in [1.82, 2.24) is 0 Å². The Hall–Kier alpha value is 1.88. The summed E-state index contributed by atoms with van der Waals surface area (Å²) in [6, 6.07) is 0. The van der Waals surface area contributed by atoms with Crippen molar-refractivity contribution in [3.63, 3.8) is 0 Å². The van der Waals surface area contributed by atoms with Crippen LogP contribution in [0.3, 0.4) is 0 Å². The molecule has 1 rings (SSSR count). The van der Waals surface area contributed by atoms with Crippen molar-refractivity contribution >= 4 is 0 Å². The van der Waals surface area contributed by atoms with Crippen LogP contribution >= 0.6 is 0 Å². The molecule has 0 aromatic carbocycles. The van der Waals surface area contributed by atoms with Gasteiger partial charge in [-0.15, -0.1) is 0 Å². The van der Waals surface area contributed by atoms with Gasteiger partial charge in [0.05, 0.1) is 18.8 Å². The molecule has 58 valence electrons. The predicted molar refractivity (Wildman–Crippen MR) is 34.3 cm³/mol. The third kappa shape index (κ3) is 5.24. The van der Waals surface area contributed by atoms with E-state index in [4.69, 9.17) is 14.9 Å². The fourth-order valence-electron chi connectivity index (χ4n) is 0.939. The monoisotopic (exact) mass is 180 g/mol. The molecule has 1 aliphatic rings. The van der Waals surface area contributed by atoms with Crippen LogP contribution in [0.25, 0.3) is 0 Å². The molecule has 2 N–H and O–H groups in total. The summed E-state index contributed by atoms with van der Waals surface area (Å²) in [4.78, 5) is 0. The second kappa shape index (κ2) is 7.30. The van der Waals surface area contributed by atoms with E-state index in [1.807, 2.05) is 6.92 Å². The Balaban J connectivity index is -0.000000101. The van der Waals surface area contributed by atoms with Crippen LogP contribution in [0.2, 0.25) is 0 Å². The number of aliphatic hydroxyl groups excluding tert-OH is 2. The molecule has 1 saturated heterocycles. The molecule has 0 spiro atoms. The predicted octanol–water partition coefficient (Wildman–Crippen LogP) is -6.25. The molecule has 0 bridgehead atoms. The minimum Gasteiger partial charge on any atom is -1.00 e. The van der Waals surface area contributed by atoms with Crippen molar-refractivity contribution in [3.8, 4) is 0 Å². The quantitative estimate of drug-likeness (QED) is 0.365. The van der Waals surface area contributed by atoms with Crippen LogP contribution in [0.1, 0.15) is 16.2 Å². The fraction of sp³-hybridized carbons (Fsp3) is 1.00. The minimum absolute atomic E-state index is 0. The number of ether oxygens (including phenoxy) is 1. The maximum Gasteiger partial charge on any atom is 1.00 e. The van der Waals surface area contributed by atoms with E-state index in [2.05, 4.69) is 0 Å². The molecule has 0 saturated carbocycles. The van der Waals surface area contributed by atoms with Crippen LogP contribution in [0.15, 0.2) is 0 Å². The zero-order chi connectivity index (χ0) is 6.85. The normalized spacial score (nSPS) is 36.8. The number of rotatable bonds is 0. The molecule has 0 aromatic rings. The summed E-state index contributed by atoms with van der Waals surface area (Å²) in [6.07, 6.45) is -0.639. The van der Waals surface area contributed by atoms with Crippen LogP contribution < -0.4 is 59.1 Å². The van der Waals surface area contributed by atoms with Gasteiger partial charge in [-0.1, -0.05) is 0 Å². The van der Waals surface area contributed by atoms with Gasteiger partial charge in [0.25, 0.3) is 0 Å². The molecule has 3 nitrogen and oxygen atoms in total. The van der Waals surface area contributed by atoms with Crippen LogP contribution in [-0.4, -0.2) is 35.1 Å². The van der Waals surface area contributed by atoms with Crippen molar-refractivity contribution in [2.45, 2.75) is 31.7 Å². The van der Waals surface area contributed by atoms with Crippen LogP contribution in [0.5, 0.6) is 0 Å². The van der Waals surface area contributed by atoms with Crippen molar-refractivity contribution in [3.05, 3.63) is 0 Å². The molecule has 1 fully saturated rings. The fourth-order valence-corrected chi connectivity index (χ4v) is 0.939. The number of hydrogen-bond donors (Lipinski definition) is 2. The summed E-state index contributed by atoms with van der Waals surface area (Å²) >= 11 is 0. The van der Waals surface area contributed by atoms with Gasteiger partial charge in [-0.25, -0.2) is 0 Å². The summed E-state index contributed by atoms with van der Waals surface area (Å²) in [5, 5.41) is 17.9. The Labute approximate surface area is 114 Å². The zero-order valence-electron chi connectivity index (χ0n) is 9.45. The van der Waals surface area contributed by atoms with Gasteiger partial charge in [-0.05, 0) is 6.92 Å². The molecule has 0 aromatic heterocycles. The second-order valence-corrected chi connectivity index (χ2v) is 2.51. The van der Waals surface area contributed by atoms with E-state index in [1.165, 1.54) is 0 Å². The van der Waals surface area contributed by atoms with E-state index in [-0.39, 0.29) is 74.7 Å². The summed E-state index contributed by atoms with van der Waals surface area (Å²) in [6.45, 7) is 2.15. The maximum absolute atomic E-state index is 9.02. The Bertz CT molecular complexity index is 110. The van der Waals surface area contributed by atoms with Gasteiger partial charge < -0.3 is 17.8 Å². The van der Waals surface area contributed by atoms with E-state index in [9.17, 15) is 0 Å². The van der Waals surface area contributed by atoms with Crippen LogP contribution in [0, 0.1) is 0 Å². The van der Waals surface area contributed by atoms with Gasteiger partial charge in [-0.2, -0.15) is 0 Å². The van der Waals surface area contributed by atoms with E-state index < -0.39 is 12.2 Å². The molecule has 1 aliphatic heterocycles. The first-order chi connectivity index (χ1) is 4.20. The van der Waals surface area contributed by atoms with E-state index in [1.54, 1.807) is 0 Å². The van der Waals surface area contributed by atoms with Gasteiger partial charge in [0.15, 0.2) is 0 Å². The van der Waals surface area contributed by atoms with Crippen molar-refractivity contribution in [2.75, 3.05) is 6.61 Å². The Kier molecular flexibility index (Phi) is 10.2. The molecule has 0 aliphatic carbocycles. The Morgan fingerprint density at radius 1 is 1.27 bits per heavy atom. The molecule has 11 heavy (non-hydrogen) atoms. The molecule has 5 heteroatoms. The third-order valence-electron chi connectivity index (χ3n) is 1.57. The average molecular weight is 180 g/mol. The van der Waals surface area contributed by atoms with Crippen molar-refractivity contribution in [1.29, 1.82) is 0 Å². The smallest absolute Gasteiger partial charge is 1.00 e. The van der Waals surface area contributed by atoms with Crippen LogP contribution in [0.4, 0.5) is 0 Å². The van der Waals surface area contributed by atoms with Gasteiger partial charge in [0, 0.05) is 6.42 Å². The van der Waals surface area contributed by atoms with E-state index in [0.717, 1.165) is 0 Å². The van der Waals surface area contributed by atoms with Crippen LogP contribution in [-0.2, 0) is 4.74 Å². The minimum atomic E-state index is -0.679. The molecule has 0 unspecified atom stereocenters. The van der Waals surface area contributed by atoms with Gasteiger partial charge in [-0.3, -0.25) is 0 Å². The topological polar surface area (TPSA) is 49.7 Å². The first-order valence-electron chi connectivity index (χ1n) is 3.18. The van der Waals surface area contributed by atoms with E-state index in [0.29, 0.717) is 6.42 Å². The third-order valence-corrected chi connectivity index (χ3v) is 1.57. The summed E-state index contributed by atoms with van der Waals surface area (Å²) in [5.41, 5.74) is 0. The summed E-state index contributed by atoms with van der Waals surface area (Å²) < 4.78 is 5.05. The Morgan fingerprint density at radius 2 is 1.82 bits per heavy atom. The largest absolute Gasteiger partial charge is 1.00 e. The molecular formula is C6H14Na2O3. The zero-order valence-corrected chi connectivity index (χ0v) is 11.4. The first kappa shape index (κ1) is 15.4. The average Bonchev–Trinajstić information content (AvgIpc) is 1.80.